The Labute approximate surface area is 135 Å². The third kappa shape index (κ3) is 4.22. The average molecular weight is 315 g/mol. The first-order chi connectivity index (χ1) is 11.0. The number of benzene rings is 1. The van der Waals surface area contributed by atoms with Crippen LogP contribution in [0.1, 0.15) is 46.5 Å². The summed E-state index contributed by atoms with van der Waals surface area (Å²) in [5.74, 6) is -0.901. The molecule has 0 aliphatic heterocycles. The first-order valence-electron chi connectivity index (χ1n) is 7.64. The van der Waals surface area contributed by atoms with Crippen LogP contribution >= 0.6 is 0 Å². The van der Waals surface area contributed by atoms with E-state index < -0.39 is 5.97 Å². The zero-order valence-electron chi connectivity index (χ0n) is 13.3. The summed E-state index contributed by atoms with van der Waals surface area (Å²) >= 11 is 0. The molecule has 1 aromatic heterocycles. The molecule has 0 aliphatic rings. The molecule has 0 spiro atoms. The van der Waals surface area contributed by atoms with E-state index in [1.165, 1.54) is 11.8 Å². The zero-order valence-corrected chi connectivity index (χ0v) is 13.3. The summed E-state index contributed by atoms with van der Waals surface area (Å²) < 4.78 is 5.20. The van der Waals surface area contributed by atoms with Gasteiger partial charge in [0.2, 0.25) is 0 Å². The van der Waals surface area contributed by atoms with Crippen LogP contribution in [0.5, 0.6) is 0 Å². The molecule has 0 saturated carbocycles. The fourth-order valence-corrected chi connectivity index (χ4v) is 2.60. The molecule has 2 rings (SSSR count). The largest absolute Gasteiger partial charge is 0.481 e. The van der Waals surface area contributed by atoms with Crippen molar-refractivity contribution in [3.63, 3.8) is 0 Å². The molecule has 2 N–H and O–H groups in total. The fraction of sp³-hybridized carbons (Fsp3) is 0.333. The summed E-state index contributed by atoms with van der Waals surface area (Å²) in [7, 11) is 0. The molecule has 5 nitrogen and oxygen atoms in total. The molecule has 0 radical (unpaired) electrons. The number of carbonyl (C=O) groups is 2. The summed E-state index contributed by atoms with van der Waals surface area (Å²) in [5.41, 5.74) is 2.15. The number of carboxylic acid groups (broad SMARTS) is 1. The molecule has 1 amide bonds. The van der Waals surface area contributed by atoms with Crippen molar-refractivity contribution in [1.29, 1.82) is 0 Å². The van der Waals surface area contributed by atoms with Gasteiger partial charge in [0, 0.05) is 18.0 Å². The molecule has 1 atom stereocenters. The van der Waals surface area contributed by atoms with Crippen LogP contribution in [0, 0.1) is 6.92 Å². The van der Waals surface area contributed by atoms with Crippen LogP contribution < -0.4 is 5.32 Å². The van der Waals surface area contributed by atoms with Crippen LogP contribution in [0.3, 0.4) is 0 Å². The Morgan fingerprint density at radius 3 is 2.57 bits per heavy atom. The van der Waals surface area contributed by atoms with Gasteiger partial charge in [0.25, 0.3) is 5.91 Å². The highest BCUT2D eigenvalue weighted by Gasteiger charge is 2.21. The van der Waals surface area contributed by atoms with Crippen molar-refractivity contribution in [2.45, 2.75) is 32.6 Å². The summed E-state index contributed by atoms with van der Waals surface area (Å²) in [6.45, 7) is 4.30. The monoisotopic (exact) mass is 315 g/mol. The number of aryl methyl sites for hydroxylation is 1. The molecule has 1 unspecified atom stereocenters. The molecular weight excluding hydrogens is 294 g/mol. The number of carboxylic acids is 1. The third-order valence-electron chi connectivity index (χ3n) is 3.86. The van der Waals surface area contributed by atoms with Crippen molar-refractivity contribution >= 4 is 11.9 Å². The Kier molecular flexibility index (Phi) is 5.57. The quantitative estimate of drug-likeness (QED) is 0.822. The van der Waals surface area contributed by atoms with Crippen molar-refractivity contribution in [1.82, 2.24) is 5.32 Å². The summed E-state index contributed by atoms with van der Waals surface area (Å²) in [4.78, 5) is 23.3. The highest BCUT2D eigenvalue weighted by molar-refractivity contribution is 5.97. The first-order valence-corrected chi connectivity index (χ1v) is 7.64. The van der Waals surface area contributed by atoms with Crippen LogP contribution in [0.4, 0.5) is 0 Å². The average Bonchev–Trinajstić information content (AvgIpc) is 2.88. The topological polar surface area (TPSA) is 79.5 Å². The molecule has 0 aliphatic carbocycles. The van der Waals surface area contributed by atoms with E-state index in [0.29, 0.717) is 17.7 Å². The van der Waals surface area contributed by atoms with Crippen LogP contribution in [-0.2, 0) is 11.2 Å². The molecule has 1 aromatic carbocycles. The second kappa shape index (κ2) is 7.63. The highest BCUT2D eigenvalue weighted by atomic mass is 16.4. The van der Waals surface area contributed by atoms with Crippen molar-refractivity contribution in [2.75, 3.05) is 6.54 Å². The molecule has 0 bridgehead atoms. The second-order valence-corrected chi connectivity index (χ2v) is 5.51. The van der Waals surface area contributed by atoms with E-state index in [2.05, 4.69) is 12.2 Å². The number of furan rings is 1. The van der Waals surface area contributed by atoms with E-state index in [0.717, 1.165) is 6.42 Å². The van der Waals surface area contributed by atoms with E-state index >= 15 is 0 Å². The number of hydrogen-bond donors (Lipinski definition) is 2. The zero-order chi connectivity index (χ0) is 16.8. The van der Waals surface area contributed by atoms with Gasteiger partial charge in [0.15, 0.2) is 0 Å². The summed E-state index contributed by atoms with van der Waals surface area (Å²) in [5, 5.41) is 11.8. The van der Waals surface area contributed by atoms with E-state index in [-0.39, 0.29) is 24.0 Å². The van der Waals surface area contributed by atoms with Gasteiger partial charge >= 0.3 is 5.97 Å². The molecule has 0 fully saturated rings. The number of rotatable bonds is 7. The minimum Gasteiger partial charge on any atom is -0.481 e. The van der Waals surface area contributed by atoms with E-state index in [9.17, 15) is 9.59 Å². The lowest BCUT2D eigenvalue weighted by Crippen LogP contribution is -2.29. The minimum absolute atomic E-state index is 0.195. The van der Waals surface area contributed by atoms with Crippen LogP contribution in [0.15, 0.2) is 41.0 Å². The van der Waals surface area contributed by atoms with Gasteiger partial charge in [-0.15, -0.1) is 0 Å². The molecule has 0 saturated heterocycles. The molecule has 5 heteroatoms. The lowest BCUT2D eigenvalue weighted by atomic mass is 9.96. The molecule has 1 heterocycles. The Balaban J connectivity index is 2.07. The summed E-state index contributed by atoms with van der Waals surface area (Å²) in [6, 6.07) is 10.00. The van der Waals surface area contributed by atoms with Crippen LogP contribution in [-0.4, -0.2) is 23.5 Å². The second-order valence-electron chi connectivity index (χ2n) is 5.51. The van der Waals surface area contributed by atoms with Gasteiger partial charge in [-0.05, 0) is 18.9 Å². The molecule has 2 aromatic rings. The molecule has 23 heavy (non-hydrogen) atoms. The van der Waals surface area contributed by atoms with E-state index in [1.54, 1.807) is 6.92 Å². The fourth-order valence-electron chi connectivity index (χ4n) is 2.60. The van der Waals surface area contributed by atoms with Gasteiger partial charge in [0.05, 0.1) is 11.8 Å². The van der Waals surface area contributed by atoms with E-state index in [4.69, 9.17) is 9.52 Å². The van der Waals surface area contributed by atoms with Gasteiger partial charge in [-0.1, -0.05) is 37.3 Å². The van der Waals surface area contributed by atoms with Gasteiger partial charge in [0.1, 0.15) is 12.2 Å². The number of hydrogen-bond acceptors (Lipinski definition) is 3. The van der Waals surface area contributed by atoms with Gasteiger partial charge in [-0.3, -0.25) is 9.59 Å². The maximum atomic E-state index is 12.4. The first kappa shape index (κ1) is 16.8. The van der Waals surface area contributed by atoms with E-state index in [1.807, 2.05) is 30.3 Å². The Hall–Kier alpha value is -2.56. The number of amides is 1. The standard InChI is InChI=1S/C18H21NO4/c1-3-13(14-7-5-4-6-8-14)10-19-18(22)17-12(2)11-23-15(17)9-16(20)21/h4-8,11,13H,3,9-10H2,1-2H3,(H,19,22)(H,20,21). The van der Waals surface area contributed by atoms with Crippen LogP contribution in [0.2, 0.25) is 0 Å². The number of carbonyl (C=O) groups excluding carboxylic acids is 1. The normalized spacial score (nSPS) is 11.9. The van der Waals surface area contributed by atoms with Crippen molar-refractivity contribution in [3.8, 4) is 0 Å². The maximum Gasteiger partial charge on any atom is 0.311 e. The lowest BCUT2D eigenvalue weighted by Gasteiger charge is -2.16. The van der Waals surface area contributed by atoms with Gasteiger partial charge < -0.3 is 14.8 Å². The van der Waals surface area contributed by atoms with Crippen LogP contribution in [0.25, 0.3) is 0 Å². The highest BCUT2D eigenvalue weighted by Crippen LogP contribution is 2.20. The Morgan fingerprint density at radius 1 is 1.26 bits per heavy atom. The third-order valence-corrected chi connectivity index (χ3v) is 3.86. The van der Waals surface area contributed by atoms with Crippen molar-refractivity contribution in [2.24, 2.45) is 0 Å². The van der Waals surface area contributed by atoms with Gasteiger partial charge in [-0.25, -0.2) is 0 Å². The van der Waals surface area contributed by atoms with Crippen molar-refractivity contribution in [3.05, 3.63) is 59.0 Å². The number of aliphatic carboxylic acids is 1. The Morgan fingerprint density at radius 2 is 1.96 bits per heavy atom. The predicted octanol–water partition coefficient (Wildman–Crippen LogP) is 3.14. The minimum atomic E-state index is -1.02. The smallest absolute Gasteiger partial charge is 0.311 e. The SMILES string of the molecule is CCC(CNC(=O)c1c(C)coc1CC(=O)O)c1ccccc1. The number of nitrogens with one attached hydrogen (secondary N) is 1. The Bertz CT molecular complexity index is 676. The predicted molar refractivity (Wildman–Crippen MR) is 86.6 cm³/mol. The lowest BCUT2D eigenvalue weighted by molar-refractivity contribution is -0.136. The summed E-state index contributed by atoms with van der Waals surface area (Å²) in [6.07, 6.45) is 2.02. The molecular formula is C18H21NO4. The van der Waals surface area contributed by atoms with Gasteiger partial charge in [-0.2, -0.15) is 0 Å². The maximum absolute atomic E-state index is 12.4. The van der Waals surface area contributed by atoms with Crippen molar-refractivity contribution < 1.29 is 19.1 Å². The molecule has 122 valence electrons.